The van der Waals surface area contributed by atoms with Crippen LogP contribution < -0.4 is 10.1 Å². The standard InChI is InChI=1S/C17H26N2O/c1-12(2)9-13(3)18-8-7-14-11-19-17-6-5-15(20-4)10-16(14)17/h5-6,10-13,18-19H,7-9H2,1-4H3. The van der Waals surface area contributed by atoms with Gasteiger partial charge in [0.15, 0.2) is 0 Å². The van der Waals surface area contributed by atoms with Crippen LogP contribution in [0, 0.1) is 5.92 Å². The van der Waals surface area contributed by atoms with Crippen molar-refractivity contribution in [2.24, 2.45) is 5.92 Å². The van der Waals surface area contributed by atoms with Gasteiger partial charge in [-0.25, -0.2) is 0 Å². The van der Waals surface area contributed by atoms with E-state index in [1.54, 1.807) is 7.11 Å². The van der Waals surface area contributed by atoms with Crippen LogP contribution in [0.15, 0.2) is 24.4 Å². The Morgan fingerprint density at radius 2 is 2.05 bits per heavy atom. The summed E-state index contributed by atoms with van der Waals surface area (Å²) in [5.41, 5.74) is 2.53. The van der Waals surface area contributed by atoms with Crippen molar-refractivity contribution in [3.63, 3.8) is 0 Å². The lowest BCUT2D eigenvalue weighted by molar-refractivity contribution is 0.415. The molecular weight excluding hydrogens is 248 g/mol. The second-order valence-corrected chi connectivity index (χ2v) is 5.96. The summed E-state index contributed by atoms with van der Waals surface area (Å²) < 4.78 is 5.30. The fourth-order valence-electron chi connectivity index (χ4n) is 2.74. The van der Waals surface area contributed by atoms with Crippen LogP contribution in [0.4, 0.5) is 0 Å². The number of benzene rings is 1. The van der Waals surface area contributed by atoms with E-state index in [1.807, 2.05) is 6.07 Å². The Morgan fingerprint density at radius 3 is 2.75 bits per heavy atom. The van der Waals surface area contributed by atoms with Crippen LogP contribution in [0.5, 0.6) is 5.75 Å². The van der Waals surface area contributed by atoms with E-state index < -0.39 is 0 Å². The highest BCUT2D eigenvalue weighted by Crippen LogP contribution is 2.23. The van der Waals surface area contributed by atoms with E-state index in [-0.39, 0.29) is 0 Å². The molecule has 20 heavy (non-hydrogen) atoms. The van der Waals surface area contributed by atoms with Crippen molar-refractivity contribution in [3.05, 3.63) is 30.0 Å². The minimum Gasteiger partial charge on any atom is -0.497 e. The lowest BCUT2D eigenvalue weighted by atomic mass is 10.0. The summed E-state index contributed by atoms with van der Waals surface area (Å²) in [5, 5.41) is 4.87. The maximum absolute atomic E-state index is 5.30. The van der Waals surface area contributed by atoms with Crippen molar-refractivity contribution in [2.45, 2.75) is 39.7 Å². The van der Waals surface area contributed by atoms with Crippen molar-refractivity contribution >= 4 is 10.9 Å². The Morgan fingerprint density at radius 1 is 1.25 bits per heavy atom. The van der Waals surface area contributed by atoms with E-state index in [2.05, 4.69) is 49.4 Å². The van der Waals surface area contributed by atoms with Crippen LogP contribution in [0.2, 0.25) is 0 Å². The zero-order valence-corrected chi connectivity index (χ0v) is 13.0. The first kappa shape index (κ1) is 14.9. The molecule has 2 rings (SSSR count). The molecule has 0 aliphatic carbocycles. The highest BCUT2D eigenvalue weighted by Gasteiger charge is 2.07. The van der Waals surface area contributed by atoms with Crippen LogP contribution in [-0.2, 0) is 6.42 Å². The summed E-state index contributed by atoms with van der Waals surface area (Å²) in [4.78, 5) is 3.33. The van der Waals surface area contributed by atoms with E-state index in [0.29, 0.717) is 6.04 Å². The molecular formula is C17H26N2O. The molecule has 2 N–H and O–H groups in total. The fourth-order valence-corrected chi connectivity index (χ4v) is 2.74. The second-order valence-electron chi connectivity index (χ2n) is 5.96. The summed E-state index contributed by atoms with van der Waals surface area (Å²) in [5.74, 6) is 1.66. The molecule has 0 saturated heterocycles. The average molecular weight is 274 g/mol. The Bertz CT molecular complexity index is 545. The van der Waals surface area contributed by atoms with Gasteiger partial charge in [0.25, 0.3) is 0 Å². The van der Waals surface area contributed by atoms with Crippen molar-refractivity contribution in [2.75, 3.05) is 13.7 Å². The summed E-state index contributed by atoms with van der Waals surface area (Å²) in [7, 11) is 1.71. The van der Waals surface area contributed by atoms with Gasteiger partial charge in [-0.2, -0.15) is 0 Å². The Kier molecular flexibility index (Phi) is 5.07. The van der Waals surface area contributed by atoms with Gasteiger partial charge in [0, 0.05) is 23.1 Å². The average Bonchev–Trinajstić information content (AvgIpc) is 2.80. The highest BCUT2D eigenvalue weighted by atomic mass is 16.5. The third-order valence-corrected chi connectivity index (χ3v) is 3.69. The molecule has 0 bridgehead atoms. The largest absolute Gasteiger partial charge is 0.497 e. The van der Waals surface area contributed by atoms with Gasteiger partial charge in [-0.3, -0.25) is 0 Å². The molecule has 2 aromatic rings. The molecule has 0 saturated carbocycles. The van der Waals surface area contributed by atoms with Crippen LogP contribution in [0.1, 0.15) is 32.8 Å². The first-order valence-corrected chi connectivity index (χ1v) is 7.47. The molecule has 110 valence electrons. The van der Waals surface area contributed by atoms with Crippen molar-refractivity contribution in [3.8, 4) is 5.75 Å². The third kappa shape index (κ3) is 3.76. The third-order valence-electron chi connectivity index (χ3n) is 3.69. The first-order valence-electron chi connectivity index (χ1n) is 7.47. The quantitative estimate of drug-likeness (QED) is 0.807. The number of aromatic amines is 1. The van der Waals surface area contributed by atoms with Crippen LogP contribution in [-0.4, -0.2) is 24.7 Å². The predicted molar refractivity (Wildman–Crippen MR) is 85.5 cm³/mol. The minimum absolute atomic E-state index is 0.578. The SMILES string of the molecule is COc1ccc2[nH]cc(CCNC(C)CC(C)C)c2c1. The van der Waals surface area contributed by atoms with Gasteiger partial charge in [-0.15, -0.1) is 0 Å². The zero-order chi connectivity index (χ0) is 14.5. The monoisotopic (exact) mass is 274 g/mol. The molecule has 1 aromatic heterocycles. The number of nitrogens with one attached hydrogen (secondary N) is 2. The van der Waals surface area contributed by atoms with E-state index >= 15 is 0 Å². The molecule has 0 aliphatic rings. The molecule has 3 heteroatoms. The lowest BCUT2D eigenvalue weighted by Crippen LogP contribution is -2.29. The molecule has 1 atom stereocenters. The van der Waals surface area contributed by atoms with Gasteiger partial charge in [0.05, 0.1) is 7.11 Å². The second kappa shape index (κ2) is 6.80. The van der Waals surface area contributed by atoms with Crippen LogP contribution in [0.25, 0.3) is 10.9 Å². The first-order chi connectivity index (χ1) is 9.60. The summed E-state index contributed by atoms with van der Waals surface area (Å²) >= 11 is 0. The molecule has 0 aliphatic heterocycles. The topological polar surface area (TPSA) is 37.0 Å². The molecule has 0 spiro atoms. The summed E-state index contributed by atoms with van der Waals surface area (Å²) in [6, 6.07) is 6.76. The number of H-pyrrole nitrogens is 1. The molecule has 1 aromatic carbocycles. The summed E-state index contributed by atoms with van der Waals surface area (Å²) in [6.07, 6.45) is 4.37. The predicted octanol–water partition coefficient (Wildman–Crippen LogP) is 3.74. The lowest BCUT2D eigenvalue weighted by Gasteiger charge is -2.15. The highest BCUT2D eigenvalue weighted by molar-refractivity contribution is 5.84. The molecule has 1 unspecified atom stereocenters. The van der Waals surface area contributed by atoms with Gasteiger partial charge in [-0.05, 0) is 56.0 Å². The summed E-state index contributed by atoms with van der Waals surface area (Å²) in [6.45, 7) is 7.81. The Labute approximate surface area is 121 Å². The Balaban J connectivity index is 1.96. The molecule has 0 radical (unpaired) electrons. The van der Waals surface area contributed by atoms with Gasteiger partial charge < -0.3 is 15.0 Å². The van der Waals surface area contributed by atoms with Crippen LogP contribution in [0.3, 0.4) is 0 Å². The van der Waals surface area contributed by atoms with Crippen molar-refractivity contribution in [1.29, 1.82) is 0 Å². The van der Waals surface area contributed by atoms with Gasteiger partial charge >= 0.3 is 0 Å². The van der Waals surface area contributed by atoms with Gasteiger partial charge in [-0.1, -0.05) is 13.8 Å². The van der Waals surface area contributed by atoms with Gasteiger partial charge in [0.2, 0.25) is 0 Å². The van der Waals surface area contributed by atoms with E-state index in [1.165, 1.54) is 22.9 Å². The van der Waals surface area contributed by atoms with E-state index in [4.69, 9.17) is 4.74 Å². The van der Waals surface area contributed by atoms with Crippen LogP contribution >= 0.6 is 0 Å². The maximum atomic E-state index is 5.30. The number of ether oxygens (including phenoxy) is 1. The molecule has 3 nitrogen and oxygen atoms in total. The van der Waals surface area contributed by atoms with Crippen molar-refractivity contribution in [1.82, 2.24) is 10.3 Å². The van der Waals surface area contributed by atoms with E-state index in [0.717, 1.165) is 24.6 Å². The number of hydrogen-bond acceptors (Lipinski definition) is 2. The number of hydrogen-bond donors (Lipinski definition) is 2. The normalized spacial score (nSPS) is 13.1. The maximum Gasteiger partial charge on any atom is 0.119 e. The molecule has 0 amide bonds. The number of aromatic nitrogens is 1. The minimum atomic E-state index is 0.578. The fraction of sp³-hybridized carbons (Fsp3) is 0.529. The van der Waals surface area contributed by atoms with E-state index in [9.17, 15) is 0 Å². The van der Waals surface area contributed by atoms with Gasteiger partial charge in [0.1, 0.15) is 5.75 Å². The Hall–Kier alpha value is -1.48. The zero-order valence-electron chi connectivity index (χ0n) is 13.0. The molecule has 0 fully saturated rings. The van der Waals surface area contributed by atoms with Crippen molar-refractivity contribution < 1.29 is 4.74 Å². The molecule has 1 heterocycles. The number of rotatable bonds is 7. The number of fused-ring (bicyclic) bond motifs is 1. The number of methoxy groups -OCH3 is 1. The smallest absolute Gasteiger partial charge is 0.119 e.